The van der Waals surface area contributed by atoms with Gasteiger partial charge in [-0.1, -0.05) is 6.92 Å². The highest BCUT2D eigenvalue weighted by atomic mass is 32.2. The lowest BCUT2D eigenvalue weighted by Gasteiger charge is -2.38. The quantitative estimate of drug-likeness (QED) is 0.281. The van der Waals surface area contributed by atoms with Crippen LogP contribution in [0.15, 0.2) is 53.4 Å². The smallest absolute Gasteiger partial charge is 0.434 e. The second kappa shape index (κ2) is 8.90. The molecule has 34 heavy (non-hydrogen) atoms. The molecule has 0 fully saturated rings. The van der Waals surface area contributed by atoms with Gasteiger partial charge in [-0.3, -0.25) is 9.10 Å². The number of benzene rings is 2. The van der Waals surface area contributed by atoms with E-state index in [2.05, 4.69) is 0 Å². The number of hydrogen-bond acceptors (Lipinski definition) is 6. The first-order valence-corrected chi connectivity index (χ1v) is 11.8. The van der Waals surface area contributed by atoms with Crippen LogP contribution in [0.1, 0.15) is 42.5 Å². The maximum absolute atomic E-state index is 14.3. The number of nitrogens with zero attached hydrogens (tertiary/aromatic N) is 2. The SMILES string of the molecule is CCOC(=O)Oc1ccc(S(=O)(=O)N2c3cc(F)c(F)cc3-n3c(C=O)ccc3C2CC)cc1. The van der Waals surface area contributed by atoms with Gasteiger partial charge >= 0.3 is 6.16 Å². The molecule has 2 aromatic carbocycles. The predicted molar refractivity (Wildman–Crippen MR) is 118 cm³/mol. The van der Waals surface area contributed by atoms with Crippen molar-refractivity contribution >= 4 is 28.2 Å². The van der Waals surface area contributed by atoms with E-state index in [0.717, 1.165) is 16.4 Å². The average Bonchev–Trinajstić information content (AvgIpc) is 3.24. The molecule has 3 aromatic rings. The maximum atomic E-state index is 14.3. The fourth-order valence-corrected chi connectivity index (χ4v) is 5.68. The molecule has 0 bridgehead atoms. The van der Waals surface area contributed by atoms with E-state index in [1.807, 2.05) is 0 Å². The lowest BCUT2D eigenvalue weighted by Crippen LogP contribution is -2.39. The average molecular weight is 490 g/mol. The predicted octanol–water partition coefficient (Wildman–Crippen LogP) is 4.76. The first kappa shape index (κ1) is 23.4. The van der Waals surface area contributed by atoms with Gasteiger partial charge in [0.25, 0.3) is 10.0 Å². The summed E-state index contributed by atoms with van der Waals surface area (Å²) in [4.78, 5) is 22.9. The van der Waals surface area contributed by atoms with Crippen molar-refractivity contribution in [3.05, 3.63) is 71.6 Å². The number of rotatable bonds is 6. The summed E-state index contributed by atoms with van der Waals surface area (Å²) in [7, 11) is -4.29. The van der Waals surface area contributed by atoms with Crippen molar-refractivity contribution in [2.24, 2.45) is 0 Å². The number of aromatic nitrogens is 1. The Kier molecular flexibility index (Phi) is 6.13. The van der Waals surface area contributed by atoms with Crippen molar-refractivity contribution in [3.8, 4) is 11.4 Å². The van der Waals surface area contributed by atoms with E-state index >= 15 is 0 Å². The van der Waals surface area contributed by atoms with Gasteiger partial charge in [0, 0.05) is 17.8 Å². The van der Waals surface area contributed by atoms with Gasteiger partial charge in [0.05, 0.1) is 34.6 Å². The first-order valence-electron chi connectivity index (χ1n) is 10.4. The Morgan fingerprint density at radius 3 is 2.26 bits per heavy atom. The Bertz CT molecular complexity index is 1370. The second-order valence-corrected chi connectivity index (χ2v) is 9.19. The molecule has 1 aliphatic rings. The van der Waals surface area contributed by atoms with Crippen LogP contribution in [0.5, 0.6) is 5.75 Å². The second-order valence-electron chi connectivity index (χ2n) is 7.37. The van der Waals surface area contributed by atoms with Gasteiger partial charge in [-0.15, -0.1) is 0 Å². The minimum Gasteiger partial charge on any atom is -0.434 e. The number of fused-ring (bicyclic) bond motifs is 3. The molecule has 0 aliphatic carbocycles. The molecule has 0 saturated heterocycles. The Balaban J connectivity index is 1.84. The third-order valence-corrected chi connectivity index (χ3v) is 7.25. The van der Waals surface area contributed by atoms with Crippen molar-refractivity contribution in [3.63, 3.8) is 0 Å². The standard InChI is InChI=1S/C23H20F2N2O6S/c1-3-19-20-10-5-14(13-28)26(20)21-11-17(24)18(25)12-22(21)27(19)34(30,31)16-8-6-15(7-9-16)33-23(29)32-4-2/h5-13,19H,3-4H2,1-2H3. The van der Waals surface area contributed by atoms with Crippen LogP contribution in [-0.2, 0) is 14.8 Å². The van der Waals surface area contributed by atoms with E-state index < -0.39 is 33.9 Å². The number of hydrogen-bond donors (Lipinski definition) is 0. The molecular weight excluding hydrogens is 470 g/mol. The van der Waals surface area contributed by atoms with Gasteiger partial charge < -0.3 is 14.0 Å². The van der Waals surface area contributed by atoms with Gasteiger partial charge in [-0.2, -0.15) is 0 Å². The molecule has 1 aliphatic heterocycles. The van der Waals surface area contributed by atoms with Gasteiger partial charge in [0.2, 0.25) is 0 Å². The van der Waals surface area contributed by atoms with Crippen LogP contribution >= 0.6 is 0 Å². The Morgan fingerprint density at radius 1 is 1.03 bits per heavy atom. The third-order valence-electron chi connectivity index (χ3n) is 5.41. The fourth-order valence-electron chi connectivity index (χ4n) is 3.98. The molecule has 0 amide bonds. The molecule has 0 spiro atoms. The summed E-state index contributed by atoms with van der Waals surface area (Å²) >= 11 is 0. The number of carbonyl (C=O) groups excluding carboxylic acids is 2. The molecule has 0 radical (unpaired) electrons. The molecular formula is C23H20F2N2O6S. The van der Waals surface area contributed by atoms with Gasteiger partial charge in [-0.25, -0.2) is 22.0 Å². The van der Waals surface area contributed by atoms with Crippen LogP contribution in [0.3, 0.4) is 0 Å². The summed E-state index contributed by atoms with van der Waals surface area (Å²) in [5.74, 6) is -2.33. The minimum absolute atomic E-state index is 0.0246. The maximum Gasteiger partial charge on any atom is 0.513 e. The monoisotopic (exact) mass is 490 g/mol. The Labute approximate surface area is 194 Å². The molecule has 4 rings (SSSR count). The minimum atomic E-state index is -4.29. The van der Waals surface area contributed by atoms with Crippen molar-refractivity contribution in [2.45, 2.75) is 31.2 Å². The summed E-state index contributed by atoms with van der Waals surface area (Å²) < 4.78 is 68.0. The number of carbonyl (C=O) groups is 2. The molecule has 0 N–H and O–H groups in total. The normalized spacial score (nSPS) is 14.8. The topological polar surface area (TPSA) is 94.9 Å². The number of sulfonamides is 1. The van der Waals surface area contributed by atoms with Crippen molar-refractivity contribution in [1.82, 2.24) is 4.57 Å². The molecule has 1 aromatic heterocycles. The van der Waals surface area contributed by atoms with Crippen LogP contribution in [0.25, 0.3) is 5.69 Å². The van der Waals surface area contributed by atoms with Crippen LogP contribution in [0.2, 0.25) is 0 Å². The van der Waals surface area contributed by atoms with Crippen molar-refractivity contribution in [2.75, 3.05) is 10.9 Å². The number of aldehydes is 1. The van der Waals surface area contributed by atoms with Gasteiger partial charge in [0.15, 0.2) is 17.9 Å². The van der Waals surface area contributed by atoms with Gasteiger partial charge in [0.1, 0.15) is 5.75 Å². The highest BCUT2D eigenvalue weighted by Crippen LogP contribution is 2.45. The van der Waals surface area contributed by atoms with Crippen molar-refractivity contribution < 1.29 is 36.3 Å². The van der Waals surface area contributed by atoms with E-state index in [1.165, 1.54) is 34.9 Å². The van der Waals surface area contributed by atoms with Crippen LogP contribution in [0, 0.1) is 11.6 Å². The summed E-state index contributed by atoms with van der Waals surface area (Å²) in [6.45, 7) is 3.47. The highest BCUT2D eigenvalue weighted by molar-refractivity contribution is 7.92. The Hall–Kier alpha value is -3.73. The van der Waals surface area contributed by atoms with Crippen LogP contribution in [0.4, 0.5) is 19.3 Å². The van der Waals surface area contributed by atoms with E-state index in [-0.39, 0.29) is 40.7 Å². The molecule has 2 heterocycles. The lowest BCUT2D eigenvalue weighted by atomic mass is 10.1. The van der Waals surface area contributed by atoms with E-state index in [4.69, 9.17) is 9.47 Å². The number of anilines is 1. The zero-order valence-corrected chi connectivity index (χ0v) is 19.0. The lowest BCUT2D eigenvalue weighted by molar-refractivity contribution is 0.104. The van der Waals surface area contributed by atoms with Gasteiger partial charge in [-0.05, 0) is 49.7 Å². The molecule has 178 valence electrons. The van der Waals surface area contributed by atoms with E-state index in [1.54, 1.807) is 19.9 Å². The molecule has 0 saturated carbocycles. The third kappa shape index (κ3) is 3.81. The summed E-state index contributed by atoms with van der Waals surface area (Å²) in [5.41, 5.74) is 0.535. The molecule has 1 unspecified atom stereocenters. The summed E-state index contributed by atoms with van der Waals surface area (Å²) in [6.07, 6.45) is -0.0871. The summed E-state index contributed by atoms with van der Waals surface area (Å²) in [5, 5.41) is 0. The zero-order chi connectivity index (χ0) is 24.6. The first-order chi connectivity index (χ1) is 16.2. The molecule has 1 atom stereocenters. The van der Waals surface area contributed by atoms with Crippen LogP contribution < -0.4 is 9.04 Å². The molecule has 8 nitrogen and oxygen atoms in total. The zero-order valence-electron chi connectivity index (χ0n) is 18.2. The molecule has 11 heteroatoms. The highest BCUT2D eigenvalue weighted by Gasteiger charge is 2.40. The number of ether oxygens (including phenoxy) is 2. The van der Waals surface area contributed by atoms with E-state index in [9.17, 15) is 26.8 Å². The number of halogens is 2. The Morgan fingerprint density at radius 2 is 1.68 bits per heavy atom. The largest absolute Gasteiger partial charge is 0.513 e. The summed E-state index contributed by atoms with van der Waals surface area (Å²) in [6, 6.07) is 9.00. The fraction of sp³-hybridized carbons (Fsp3) is 0.217. The van der Waals surface area contributed by atoms with Crippen LogP contribution in [-0.4, -0.2) is 32.0 Å². The van der Waals surface area contributed by atoms with Crippen molar-refractivity contribution in [1.29, 1.82) is 0 Å². The van der Waals surface area contributed by atoms with E-state index in [0.29, 0.717) is 12.0 Å².